The van der Waals surface area contributed by atoms with E-state index in [1.807, 2.05) is 48.9 Å². The SMILES string of the molecule is Cn1c2ccncc2c2ccc(-c3ccc(O[C@H]4C[C@H](Oc5cccc(OCCCCCCO)n5)C4)nc3)cc21. The number of hydrogen-bond acceptors (Lipinski definition) is 7. The van der Waals surface area contributed by atoms with Crippen LogP contribution in [0.1, 0.15) is 38.5 Å². The minimum absolute atomic E-state index is 0.0632. The normalized spacial score (nSPS) is 16.6. The quantitative estimate of drug-likeness (QED) is 0.192. The molecule has 8 nitrogen and oxygen atoms in total. The summed E-state index contributed by atoms with van der Waals surface area (Å²) in [5.74, 6) is 1.77. The first kappa shape index (κ1) is 26.1. The number of nitrogens with zero attached hydrogens (tertiary/aromatic N) is 4. The second kappa shape index (κ2) is 11.9. The average molecular weight is 539 g/mol. The molecule has 8 heteroatoms. The van der Waals surface area contributed by atoms with E-state index >= 15 is 0 Å². The van der Waals surface area contributed by atoms with Crippen LogP contribution in [-0.4, -0.2) is 50.0 Å². The zero-order valence-electron chi connectivity index (χ0n) is 22.7. The van der Waals surface area contributed by atoms with Crippen molar-refractivity contribution in [1.82, 2.24) is 19.5 Å². The number of fused-ring (bicyclic) bond motifs is 3. The molecule has 1 aliphatic rings. The average Bonchev–Trinajstić information content (AvgIpc) is 3.25. The minimum atomic E-state index is 0.0632. The van der Waals surface area contributed by atoms with Gasteiger partial charge in [0.05, 0.1) is 12.1 Å². The number of rotatable bonds is 12. The van der Waals surface area contributed by atoms with Crippen molar-refractivity contribution >= 4 is 21.8 Å². The maximum absolute atomic E-state index is 8.85. The number of hydrogen-bond donors (Lipinski definition) is 1. The monoisotopic (exact) mass is 538 g/mol. The first-order valence-corrected chi connectivity index (χ1v) is 14.0. The van der Waals surface area contributed by atoms with Crippen LogP contribution in [0.15, 0.2) is 73.2 Å². The largest absolute Gasteiger partial charge is 0.478 e. The first-order chi connectivity index (χ1) is 19.7. The third kappa shape index (κ3) is 5.72. The highest BCUT2D eigenvalue weighted by molar-refractivity contribution is 6.08. The lowest BCUT2D eigenvalue weighted by atomic mass is 9.92. The van der Waals surface area contributed by atoms with E-state index in [0.717, 1.165) is 55.0 Å². The van der Waals surface area contributed by atoms with Crippen LogP contribution in [0.25, 0.3) is 32.9 Å². The van der Waals surface area contributed by atoms with Crippen molar-refractivity contribution in [2.45, 2.75) is 50.7 Å². The summed E-state index contributed by atoms with van der Waals surface area (Å²) < 4.78 is 20.1. The van der Waals surface area contributed by atoms with Gasteiger partial charge in [-0.05, 0) is 43.0 Å². The third-order valence-corrected chi connectivity index (χ3v) is 7.51. The molecule has 0 amide bonds. The van der Waals surface area contributed by atoms with Gasteiger partial charge in [0.2, 0.25) is 17.6 Å². The van der Waals surface area contributed by atoms with Gasteiger partial charge in [0.15, 0.2) is 0 Å². The first-order valence-electron chi connectivity index (χ1n) is 14.0. The van der Waals surface area contributed by atoms with Crippen LogP contribution in [0.3, 0.4) is 0 Å². The second-order valence-electron chi connectivity index (χ2n) is 10.3. The molecule has 1 aliphatic carbocycles. The summed E-state index contributed by atoms with van der Waals surface area (Å²) in [5, 5.41) is 11.2. The zero-order valence-corrected chi connectivity index (χ0v) is 22.7. The molecule has 1 fully saturated rings. The van der Waals surface area contributed by atoms with E-state index in [1.165, 1.54) is 16.4 Å². The summed E-state index contributed by atoms with van der Waals surface area (Å²) in [6.07, 6.45) is 11.2. The van der Waals surface area contributed by atoms with E-state index in [-0.39, 0.29) is 18.8 Å². The highest BCUT2D eigenvalue weighted by Gasteiger charge is 2.33. The fraction of sp³-hybridized carbons (Fsp3) is 0.344. The summed E-state index contributed by atoms with van der Waals surface area (Å²) in [7, 11) is 2.09. The molecule has 6 rings (SSSR count). The third-order valence-electron chi connectivity index (χ3n) is 7.51. The van der Waals surface area contributed by atoms with E-state index in [1.54, 1.807) is 0 Å². The van der Waals surface area contributed by atoms with E-state index in [0.29, 0.717) is 24.2 Å². The fourth-order valence-corrected chi connectivity index (χ4v) is 5.19. The van der Waals surface area contributed by atoms with E-state index in [4.69, 9.17) is 19.3 Å². The molecule has 4 aromatic heterocycles. The summed E-state index contributed by atoms with van der Waals surface area (Å²) in [6, 6.07) is 18.1. The van der Waals surface area contributed by atoms with Crippen LogP contribution in [0.2, 0.25) is 0 Å². The standard InChI is InChI=1S/C32H34N4O4/c1-36-28-13-14-33-21-27(28)26-11-9-22(17-29(26)36)23-10-12-30(34-20-23)39-24-18-25(19-24)40-32-8-6-7-31(35-32)38-16-5-3-2-4-15-37/h6-14,17,20-21,24-25,37H,2-5,15-16,18-19H2,1H3/t24-,25-. The Morgan fingerprint density at radius 2 is 1.60 bits per heavy atom. The van der Waals surface area contributed by atoms with Gasteiger partial charge in [-0.2, -0.15) is 4.98 Å². The summed E-state index contributed by atoms with van der Waals surface area (Å²) in [5.41, 5.74) is 4.50. The predicted molar refractivity (Wildman–Crippen MR) is 155 cm³/mol. The number of pyridine rings is 3. The van der Waals surface area contributed by atoms with Crippen LogP contribution < -0.4 is 14.2 Å². The number of aryl methyl sites for hydroxylation is 1. The maximum Gasteiger partial charge on any atom is 0.216 e. The summed E-state index contributed by atoms with van der Waals surface area (Å²) >= 11 is 0. The Labute approximate surface area is 233 Å². The lowest BCUT2D eigenvalue weighted by molar-refractivity contribution is -0.000239. The summed E-state index contributed by atoms with van der Waals surface area (Å²) in [4.78, 5) is 13.3. The van der Waals surface area contributed by atoms with Gasteiger partial charge in [-0.1, -0.05) is 24.6 Å². The number of aliphatic hydroxyl groups excluding tert-OH is 1. The molecule has 0 unspecified atom stereocenters. The number of aliphatic hydroxyl groups is 1. The Hall–Kier alpha value is -4.17. The molecule has 40 heavy (non-hydrogen) atoms. The zero-order chi connectivity index (χ0) is 27.3. The number of aromatic nitrogens is 4. The van der Waals surface area contributed by atoms with Gasteiger partial charge in [-0.15, -0.1) is 0 Å². The number of unbranched alkanes of at least 4 members (excludes halogenated alkanes) is 3. The Kier molecular flexibility index (Phi) is 7.77. The Morgan fingerprint density at radius 3 is 2.42 bits per heavy atom. The Bertz CT molecular complexity index is 1580. The molecule has 1 aromatic carbocycles. The molecule has 0 aliphatic heterocycles. The van der Waals surface area contributed by atoms with Crippen molar-refractivity contribution in [3.63, 3.8) is 0 Å². The van der Waals surface area contributed by atoms with Crippen LogP contribution in [0.4, 0.5) is 0 Å². The lowest BCUT2D eigenvalue weighted by Gasteiger charge is -2.34. The van der Waals surface area contributed by atoms with Crippen LogP contribution >= 0.6 is 0 Å². The molecule has 1 saturated carbocycles. The highest BCUT2D eigenvalue weighted by atomic mass is 16.5. The van der Waals surface area contributed by atoms with Gasteiger partial charge in [-0.3, -0.25) is 4.98 Å². The Morgan fingerprint density at radius 1 is 0.800 bits per heavy atom. The Balaban J connectivity index is 0.997. The molecule has 1 N–H and O–H groups in total. The van der Waals surface area contributed by atoms with Gasteiger partial charge in [0.25, 0.3) is 0 Å². The van der Waals surface area contributed by atoms with Gasteiger partial charge < -0.3 is 23.9 Å². The van der Waals surface area contributed by atoms with E-state index < -0.39 is 0 Å². The highest BCUT2D eigenvalue weighted by Crippen LogP contribution is 2.33. The van der Waals surface area contributed by atoms with Gasteiger partial charge in [-0.25, -0.2) is 4.98 Å². The van der Waals surface area contributed by atoms with E-state index in [2.05, 4.69) is 50.8 Å². The minimum Gasteiger partial charge on any atom is -0.478 e. The maximum atomic E-state index is 8.85. The second-order valence-corrected chi connectivity index (χ2v) is 10.3. The molecule has 5 aromatic rings. The van der Waals surface area contributed by atoms with Crippen molar-refractivity contribution in [2.24, 2.45) is 7.05 Å². The topological polar surface area (TPSA) is 91.5 Å². The molecular weight excluding hydrogens is 504 g/mol. The smallest absolute Gasteiger partial charge is 0.216 e. The van der Waals surface area contributed by atoms with Crippen LogP contribution in [-0.2, 0) is 7.05 Å². The molecule has 0 spiro atoms. The van der Waals surface area contributed by atoms with Crippen LogP contribution in [0, 0.1) is 0 Å². The van der Waals surface area contributed by atoms with Gasteiger partial charge in [0, 0.05) is 85.1 Å². The lowest BCUT2D eigenvalue weighted by Crippen LogP contribution is -2.41. The molecule has 0 radical (unpaired) electrons. The fourth-order valence-electron chi connectivity index (χ4n) is 5.19. The summed E-state index contributed by atoms with van der Waals surface area (Å²) in [6.45, 7) is 0.864. The van der Waals surface area contributed by atoms with E-state index in [9.17, 15) is 0 Å². The van der Waals surface area contributed by atoms with Gasteiger partial charge in [0.1, 0.15) is 12.2 Å². The molecule has 206 valence electrons. The van der Waals surface area contributed by atoms with Crippen molar-refractivity contribution in [3.8, 4) is 28.8 Å². The predicted octanol–water partition coefficient (Wildman–Crippen LogP) is 6.10. The number of benzene rings is 1. The molecule has 0 atom stereocenters. The van der Waals surface area contributed by atoms with Crippen molar-refractivity contribution in [1.29, 1.82) is 0 Å². The molecule has 0 bridgehead atoms. The number of ether oxygens (including phenoxy) is 3. The van der Waals surface area contributed by atoms with Gasteiger partial charge >= 0.3 is 0 Å². The van der Waals surface area contributed by atoms with Crippen molar-refractivity contribution < 1.29 is 19.3 Å². The molecule has 4 heterocycles. The van der Waals surface area contributed by atoms with Crippen molar-refractivity contribution in [2.75, 3.05) is 13.2 Å². The molecular formula is C32H34N4O4. The molecule has 0 saturated heterocycles. The van der Waals surface area contributed by atoms with Crippen molar-refractivity contribution in [3.05, 3.63) is 73.2 Å². The van der Waals surface area contributed by atoms with Crippen LogP contribution in [0.5, 0.6) is 17.6 Å².